The number of para-hydroxylation sites is 1. The summed E-state index contributed by atoms with van der Waals surface area (Å²) in [7, 11) is 0. The topological polar surface area (TPSA) is 88.8 Å². The van der Waals surface area contributed by atoms with Crippen LogP contribution in [0.3, 0.4) is 0 Å². The standard InChI is InChI=1S/C24H26N4O4S/c1-18-4-2-5-21-23(18)25-24(33-21)27(13-3-12-26-14-16-32-17-15-26)22(29)11-8-19-6-9-20(10-7-19)28(30)31/h2,4-11H,3,12-17H2,1H3/b11-8+. The monoisotopic (exact) mass is 466 g/mol. The number of benzene rings is 2. The van der Waals surface area contributed by atoms with Gasteiger partial charge in [0.2, 0.25) is 0 Å². The van der Waals surface area contributed by atoms with E-state index in [0.29, 0.717) is 11.7 Å². The first kappa shape index (κ1) is 23.0. The zero-order valence-corrected chi connectivity index (χ0v) is 19.3. The van der Waals surface area contributed by atoms with Crippen molar-refractivity contribution in [2.24, 2.45) is 0 Å². The molecule has 2 aromatic carbocycles. The maximum Gasteiger partial charge on any atom is 0.269 e. The molecule has 1 fully saturated rings. The summed E-state index contributed by atoms with van der Waals surface area (Å²) in [5, 5.41) is 11.5. The molecule has 4 rings (SSSR count). The van der Waals surface area contributed by atoms with E-state index in [-0.39, 0.29) is 11.6 Å². The lowest BCUT2D eigenvalue weighted by atomic mass is 10.2. The number of amides is 1. The van der Waals surface area contributed by atoms with Gasteiger partial charge in [-0.15, -0.1) is 0 Å². The highest BCUT2D eigenvalue weighted by atomic mass is 32.1. The molecule has 1 aliphatic rings. The number of hydrogen-bond acceptors (Lipinski definition) is 7. The third-order valence-corrected chi connectivity index (χ3v) is 6.63. The molecule has 1 aromatic heterocycles. The van der Waals surface area contributed by atoms with E-state index in [9.17, 15) is 14.9 Å². The van der Waals surface area contributed by atoms with Crippen LogP contribution in [-0.2, 0) is 9.53 Å². The molecule has 1 amide bonds. The first-order valence-corrected chi connectivity index (χ1v) is 11.7. The average Bonchev–Trinajstić information content (AvgIpc) is 3.26. The van der Waals surface area contributed by atoms with Crippen LogP contribution in [0.1, 0.15) is 17.5 Å². The minimum absolute atomic E-state index is 0.0214. The van der Waals surface area contributed by atoms with Crippen molar-refractivity contribution in [3.63, 3.8) is 0 Å². The molecule has 0 spiro atoms. The Kier molecular flexibility index (Phi) is 7.43. The summed E-state index contributed by atoms with van der Waals surface area (Å²) < 4.78 is 6.46. The van der Waals surface area contributed by atoms with Crippen molar-refractivity contribution in [3.8, 4) is 0 Å². The summed E-state index contributed by atoms with van der Waals surface area (Å²) in [6.45, 7) is 6.78. The van der Waals surface area contributed by atoms with E-state index in [0.717, 1.165) is 60.6 Å². The van der Waals surface area contributed by atoms with Crippen LogP contribution in [0.2, 0.25) is 0 Å². The molecule has 33 heavy (non-hydrogen) atoms. The molecule has 3 aromatic rings. The predicted octanol–water partition coefficient (Wildman–Crippen LogP) is 4.28. The van der Waals surface area contributed by atoms with Crippen LogP contribution in [0.4, 0.5) is 10.8 Å². The Morgan fingerprint density at radius 3 is 2.70 bits per heavy atom. The number of morpholine rings is 1. The first-order chi connectivity index (χ1) is 16.0. The highest BCUT2D eigenvalue weighted by Crippen LogP contribution is 2.31. The fraction of sp³-hybridized carbons (Fsp3) is 0.333. The molecule has 2 heterocycles. The molecule has 172 valence electrons. The molecular weight excluding hydrogens is 440 g/mol. The summed E-state index contributed by atoms with van der Waals surface area (Å²) in [6.07, 6.45) is 4.01. The average molecular weight is 467 g/mol. The summed E-state index contributed by atoms with van der Waals surface area (Å²) in [4.78, 5) is 32.5. The Morgan fingerprint density at radius 2 is 2.00 bits per heavy atom. The fourth-order valence-corrected chi connectivity index (χ4v) is 4.81. The van der Waals surface area contributed by atoms with Gasteiger partial charge in [0.1, 0.15) is 0 Å². The van der Waals surface area contributed by atoms with Crippen molar-refractivity contribution < 1.29 is 14.5 Å². The van der Waals surface area contributed by atoms with Gasteiger partial charge < -0.3 is 4.74 Å². The van der Waals surface area contributed by atoms with Crippen LogP contribution in [0.15, 0.2) is 48.5 Å². The van der Waals surface area contributed by atoms with Crippen molar-refractivity contribution in [1.29, 1.82) is 0 Å². The maximum atomic E-state index is 13.2. The van der Waals surface area contributed by atoms with Gasteiger partial charge in [-0.2, -0.15) is 0 Å². The molecular formula is C24H26N4O4S. The Hall–Kier alpha value is -3.14. The maximum absolute atomic E-state index is 13.2. The first-order valence-electron chi connectivity index (χ1n) is 10.9. The lowest BCUT2D eigenvalue weighted by molar-refractivity contribution is -0.384. The van der Waals surface area contributed by atoms with E-state index in [4.69, 9.17) is 9.72 Å². The highest BCUT2D eigenvalue weighted by molar-refractivity contribution is 7.22. The number of hydrogen-bond donors (Lipinski definition) is 0. The van der Waals surface area contributed by atoms with Gasteiger partial charge in [-0.3, -0.25) is 24.7 Å². The number of non-ortho nitro benzene ring substituents is 1. The van der Waals surface area contributed by atoms with Crippen molar-refractivity contribution >= 4 is 44.4 Å². The zero-order valence-electron chi connectivity index (χ0n) is 18.5. The molecule has 9 heteroatoms. The van der Waals surface area contributed by atoms with Crippen LogP contribution < -0.4 is 4.90 Å². The number of rotatable bonds is 8. The molecule has 0 bridgehead atoms. The van der Waals surface area contributed by atoms with E-state index in [1.807, 2.05) is 25.1 Å². The van der Waals surface area contributed by atoms with E-state index < -0.39 is 4.92 Å². The highest BCUT2D eigenvalue weighted by Gasteiger charge is 2.19. The zero-order chi connectivity index (χ0) is 23.2. The third-order valence-electron chi connectivity index (χ3n) is 5.59. The summed E-state index contributed by atoms with van der Waals surface area (Å²) in [6, 6.07) is 12.2. The Morgan fingerprint density at radius 1 is 1.24 bits per heavy atom. The number of carbonyl (C=O) groups is 1. The lowest BCUT2D eigenvalue weighted by Crippen LogP contribution is -2.39. The minimum Gasteiger partial charge on any atom is -0.379 e. The molecule has 0 atom stereocenters. The number of carbonyl (C=O) groups excluding carboxylic acids is 1. The normalized spacial score (nSPS) is 14.7. The minimum atomic E-state index is -0.441. The predicted molar refractivity (Wildman–Crippen MR) is 131 cm³/mol. The number of ether oxygens (including phenoxy) is 1. The van der Waals surface area contributed by atoms with Gasteiger partial charge in [0.15, 0.2) is 5.13 Å². The molecule has 0 N–H and O–H groups in total. The van der Waals surface area contributed by atoms with Crippen LogP contribution in [0, 0.1) is 17.0 Å². The molecule has 0 unspecified atom stereocenters. The van der Waals surface area contributed by atoms with Gasteiger partial charge in [-0.05, 0) is 48.7 Å². The van der Waals surface area contributed by atoms with Gasteiger partial charge in [0, 0.05) is 44.4 Å². The number of nitro benzene ring substituents is 1. The van der Waals surface area contributed by atoms with Gasteiger partial charge in [0.25, 0.3) is 11.6 Å². The number of anilines is 1. The quantitative estimate of drug-likeness (QED) is 0.280. The molecule has 8 nitrogen and oxygen atoms in total. The summed E-state index contributed by atoms with van der Waals surface area (Å²) in [5.41, 5.74) is 2.75. The molecule has 0 radical (unpaired) electrons. The van der Waals surface area contributed by atoms with Crippen LogP contribution in [0.5, 0.6) is 0 Å². The van der Waals surface area contributed by atoms with E-state index in [1.165, 1.54) is 29.5 Å². The van der Waals surface area contributed by atoms with Crippen molar-refractivity contribution in [1.82, 2.24) is 9.88 Å². The SMILES string of the molecule is Cc1cccc2sc(N(CCCN3CCOCC3)C(=O)/C=C/c3ccc([N+](=O)[O-])cc3)nc12. The number of aromatic nitrogens is 1. The van der Waals surface area contributed by atoms with Gasteiger partial charge in [-0.1, -0.05) is 23.5 Å². The second-order valence-electron chi connectivity index (χ2n) is 7.90. The van der Waals surface area contributed by atoms with Gasteiger partial charge >= 0.3 is 0 Å². The summed E-state index contributed by atoms with van der Waals surface area (Å²) in [5.74, 6) is -0.160. The number of nitro groups is 1. The van der Waals surface area contributed by atoms with E-state index in [1.54, 1.807) is 23.1 Å². The molecule has 1 aliphatic heterocycles. The van der Waals surface area contributed by atoms with E-state index in [2.05, 4.69) is 4.90 Å². The van der Waals surface area contributed by atoms with Crippen LogP contribution >= 0.6 is 11.3 Å². The van der Waals surface area contributed by atoms with Gasteiger partial charge in [-0.25, -0.2) is 4.98 Å². The number of aryl methyl sites for hydroxylation is 1. The Labute approximate surface area is 196 Å². The van der Waals surface area contributed by atoms with Gasteiger partial charge in [0.05, 0.1) is 28.4 Å². The second-order valence-corrected chi connectivity index (χ2v) is 8.91. The molecule has 0 saturated carbocycles. The second kappa shape index (κ2) is 10.7. The smallest absolute Gasteiger partial charge is 0.269 e. The fourth-order valence-electron chi connectivity index (χ4n) is 3.73. The lowest BCUT2D eigenvalue weighted by Gasteiger charge is -2.27. The van der Waals surface area contributed by atoms with E-state index >= 15 is 0 Å². The third kappa shape index (κ3) is 5.81. The van der Waals surface area contributed by atoms with Crippen molar-refractivity contribution in [2.75, 3.05) is 44.3 Å². The van der Waals surface area contributed by atoms with Crippen molar-refractivity contribution in [2.45, 2.75) is 13.3 Å². The number of nitrogens with zero attached hydrogens (tertiary/aromatic N) is 4. The van der Waals surface area contributed by atoms with Crippen LogP contribution in [-0.4, -0.2) is 60.1 Å². The molecule has 1 saturated heterocycles. The summed E-state index contributed by atoms with van der Waals surface area (Å²) >= 11 is 1.51. The molecule has 0 aliphatic carbocycles. The Bertz CT molecular complexity index is 1150. The largest absolute Gasteiger partial charge is 0.379 e. The Balaban J connectivity index is 1.51. The van der Waals surface area contributed by atoms with Crippen molar-refractivity contribution in [3.05, 3.63) is 69.8 Å². The number of fused-ring (bicyclic) bond motifs is 1. The van der Waals surface area contributed by atoms with Crippen LogP contribution in [0.25, 0.3) is 16.3 Å². The number of thiazole rings is 1.